The number of alkyl halides is 2. The van der Waals surface area contributed by atoms with E-state index in [1.807, 2.05) is 32.6 Å². The van der Waals surface area contributed by atoms with Gasteiger partial charge >= 0.3 is 29.5 Å². The van der Waals surface area contributed by atoms with Crippen LogP contribution in [0.1, 0.15) is 83.4 Å². The molecule has 25 heteroatoms. The van der Waals surface area contributed by atoms with E-state index in [-0.39, 0.29) is 32.8 Å². The molecule has 0 bridgehead atoms. The summed E-state index contributed by atoms with van der Waals surface area (Å²) in [4.78, 5) is 87.7. The van der Waals surface area contributed by atoms with Gasteiger partial charge in [-0.2, -0.15) is 0 Å². The summed E-state index contributed by atoms with van der Waals surface area (Å²) in [7, 11) is -1.00. The number of aliphatic hydroxyl groups excluding tert-OH is 4. The first-order valence-electron chi connectivity index (χ1n) is 21.2. The molecule has 364 valence electrons. The number of ether oxygens (including phenoxy) is 4. The molecule has 2 fully saturated rings. The second-order valence-electron chi connectivity index (χ2n) is 14.1. The topological polar surface area (TPSA) is 332 Å². The van der Waals surface area contributed by atoms with Crippen molar-refractivity contribution in [3.05, 3.63) is 66.2 Å². The van der Waals surface area contributed by atoms with Gasteiger partial charge in [-0.25, -0.2) is 19.2 Å². The fourth-order valence-electron chi connectivity index (χ4n) is 5.06. The van der Waals surface area contributed by atoms with Gasteiger partial charge in [0.1, 0.15) is 48.8 Å². The maximum Gasteiger partial charge on any atom is 0.407 e. The van der Waals surface area contributed by atoms with Crippen molar-refractivity contribution < 1.29 is 60.9 Å². The summed E-state index contributed by atoms with van der Waals surface area (Å²) in [5.74, 6) is -0.671. The lowest BCUT2D eigenvalue weighted by Gasteiger charge is -2.24. The SMILES string of the molecule is CCC.CCC.CCOC(=O)CN(CCNC(=O)OC(C)(C)C)C(=O)NC[C@H]1O[C@@H](n2ccc(=O)[nH]c2=O)C(O)[C@H]1O.NC[C@H]1O[C@@H](n2ccc(=O)[nH]c2=O)C(O)[C@H]1O.[2H]CF.[2H]CI. The zero-order valence-corrected chi connectivity index (χ0v) is 39.1. The summed E-state index contributed by atoms with van der Waals surface area (Å²) in [6, 6.07) is 1.45. The van der Waals surface area contributed by atoms with Gasteiger partial charge in [-0.15, -0.1) is 0 Å². The lowest BCUT2D eigenvalue weighted by atomic mass is 10.1. The maximum atomic E-state index is 12.7. The zero-order valence-electron chi connectivity index (χ0n) is 39.0. The van der Waals surface area contributed by atoms with Crippen LogP contribution in [-0.2, 0) is 23.7 Å². The third-order valence-corrected chi connectivity index (χ3v) is 7.57. The van der Waals surface area contributed by atoms with Gasteiger partial charge in [0.05, 0.1) is 15.1 Å². The number of esters is 1. The second-order valence-corrected chi connectivity index (χ2v) is 14.1. The minimum absolute atomic E-state index is 0.0207. The Hall–Kier alpha value is -4.25. The molecule has 2 saturated heterocycles. The van der Waals surface area contributed by atoms with Crippen LogP contribution in [-0.4, -0.2) is 156 Å². The van der Waals surface area contributed by atoms with Crippen LogP contribution in [0.3, 0.4) is 0 Å². The number of nitrogens with one attached hydrogen (secondary N) is 4. The Morgan fingerprint density at radius 3 is 1.68 bits per heavy atom. The van der Waals surface area contributed by atoms with E-state index in [2.05, 4.69) is 38.3 Å². The number of alkyl carbamates (subject to hydrolysis) is 1. The second kappa shape index (κ2) is 32.4. The van der Waals surface area contributed by atoms with Gasteiger partial charge in [-0.05, 0) is 32.6 Å². The van der Waals surface area contributed by atoms with Crippen LogP contribution < -0.4 is 38.9 Å². The predicted octanol–water partition coefficient (Wildman–Crippen LogP) is -0.161. The van der Waals surface area contributed by atoms with Crippen LogP contribution >= 0.6 is 22.6 Å². The Kier molecular flexibility index (Phi) is 29.2. The van der Waals surface area contributed by atoms with E-state index in [1.54, 1.807) is 27.7 Å². The number of rotatable bonds is 11. The lowest BCUT2D eigenvalue weighted by Crippen LogP contribution is -2.49. The first-order chi connectivity index (χ1) is 30.5. The fraction of sp³-hybridized carbons (Fsp3) is 0.711. The quantitative estimate of drug-likeness (QED) is 0.0802. The number of hydrogen-bond acceptors (Lipinski definition) is 16. The summed E-state index contributed by atoms with van der Waals surface area (Å²) in [5, 5.41) is 44.9. The molecule has 4 heterocycles. The Bertz CT molecular complexity index is 1880. The summed E-state index contributed by atoms with van der Waals surface area (Å²) in [6.45, 7) is 14.5. The van der Waals surface area contributed by atoms with Crippen LogP contribution in [0.4, 0.5) is 14.0 Å². The highest BCUT2D eigenvalue weighted by Gasteiger charge is 2.45. The van der Waals surface area contributed by atoms with Crippen LogP contribution in [0.5, 0.6) is 0 Å². The predicted molar refractivity (Wildman–Crippen MR) is 238 cm³/mol. The van der Waals surface area contributed by atoms with E-state index in [0.29, 0.717) is 4.91 Å². The van der Waals surface area contributed by atoms with Crippen molar-refractivity contribution in [1.82, 2.24) is 34.6 Å². The maximum absolute atomic E-state index is 12.7. The lowest BCUT2D eigenvalue weighted by molar-refractivity contribution is -0.143. The summed E-state index contributed by atoms with van der Waals surface area (Å²) < 4.78 is 44.4. The summed E-state index contributed by atoms with van der Waals surface area (Å²) >= 11 is 1.96. The number of H-pyrrole nitrogens is 2. The smallest absolute Gasteiger partial charge is 0.407 e. The molecular weight excluding hydrogens is 954 g/mol. The highest BCUT2D eigenvalue weighted by atomic mass is 127. The summed E-state index contributed by atoms with van der Waals surface area (Å²) in [6.07, 6.45) is -5.53. The normalized spacial score (nSPS) is 22.3. The van der Waals surface area contributed by atoms with E-state index in [9.17, 15) is 58.4 Å². The zero-order chi connectivity index (χ0) is 50.4. The van der Waals surface area contributed by atoms with E-state index < -0.39 is 109 Å². The number of aliphatic hydroxyl groups is 4. The van der Waals surface area contributed by atoms with Crippen molar-refractivity contribution in [3.8, 4) is 0 Å². The number of nitrogens with two attached hydrogens (primary N) is 1. The molecule has 2 aromatic rings. The number of nitrogens with zero attached hydrogens (tertiary/aromatic N) is 3. The van der Waals surface area contributed by atoms with Crippen molar-refractivity contribution in [2.24, 2.45) is 5.73 Å². The van der Waals surface area contributed by atoms with Gasteiger partial charge in [-0.3, -0.25) is 37.9 Å². The molecule has 63 heavy (non-hydrogen) atoms. The van der Waals surface area contributed by atoms with Gasteiger partial charge in [0.2, 0.25) is 0 Å². The highest BCUT2D eigenvalue weighted by molar-refractivity contribution is 14.1. The number of aromatic amines is 2. The van der Waals surface area contributed by atoms with Gasteiger partial charge in [0.25, 0.3) is 11.1 Å². The number of amides is 3. The average molecular weight is 1020 g/mol. The molecule has 2 aliphatic heterocycles. The number of urea groups is 1. The molecule has 2 aromatic heterocycles. The van der Waals surface area contributed by atoms with Crippen LogP contribution in [0.2, 0.25) is 0 Å². The first-order valence-corrected chi connectivity index (χ1v) is 21.3. The molecule has 10 N–H and O–H groups in total. The number of aromatic nitrogens is 4. The van der Waals surface area contributed by atoms with Crippen molar-refractivity contribution in [3.63, 3.8) is 0 Å². The summed E-state index contributed by atoms with van der Waals surface area (Å²) in [5.41, 5.74) is 1.88. The monoisotopic (exact) mass is 1020 g/mol. The van der Waals surface area contributed by atoms with Crippen LogP contribution in [0.25, 0.3) is 0 Å². The molecule has 23 nitrogen and oxygen atoms in total. The Balaban J connectivity index is 0. The van der Waals surface area contributed by atoms with E-state index in [4.69, 9.17) is 27.4 Å². The van der Waals surface area contributed by atoms with Gasteiger partial charge < -0.3 is 60.6 Å². The standard InChI is InChI=1S/C21H33N5O10.C9H13N3O5.2C3H8.CH3F.CH3I/c1-5-34-14(28)11-25(9-7-22-20(33)36-21(2,3)4)18(31)23-10-12-15(29)16(30)17(35-12)26-8-6-13(27)24-19(26)32;10-3-4-6(14)7(15)8(17-4)12-2-1-5(13)11-9(12)16;2*1-3-2;2*1-2/h6,8,12,15-17,29-30H,5,7,9-11H2,1-4H3,(H,22,33)(H,23,31)(H,24,27,32);1-2,4,6-8,14-15H,3,10H2,(H,11,13,16);2*3H2,1-2H3;2*1H3/t12-,15+,16?,17-;4-,6+,7?,8-;;;;/m11..../s1/i;;;;2*1D. The number of halogens is 2. The van der Waals surface area contributed by atoms with Crippen molar-refractivity contribution in [1.29, 1.82) is 0 Å². The molecule has 0 spiro atoms. The minimum atomic E-state index is -1.52. The van der Waals surface area contributed by atoms with E-state index in [1.165, 1.54) is 19.0 Å². The van der Waals surface area contributed by atoms with E-state index in [0.717, 1.165) is 32.4 Å². The average Bonchev–Trinajstić information content (AvgIpc) is 3.66. The van der Waals surface area contributed by atoms with Crippen molar-refractivity contribution in [2.45, 2.75) is 123 Å². The van der Waals surface area contributed by atoms with Crippen LogP contribution in [0.15, 0.2) is 43.7 Å². The number of carbonyl (C=O) groups is 3. The molecule has 3 amide bonds. The van der Waals surface area contributed by atoms with Gasteiger partial charge in [-0.1, -0.05) is 63.1 Å². The molecule has 2 aliphatic rings. The molecule has 8 atom stereocenters. The Morgan fingerprint density at radius 2 is 1.30 bits per heavy atom. The van der Waals surface area contributed by atoms with Crippen molar-refractivity contribution in [2.75, 3.05) is 51.4 Å². The molecular formula is C38H68FIN8O15. The molecule has 2 unspecified atom stereocenters. The third-order valence-electron chi connectivity index (χ3n) is 7.57. The molecule has 0 aliphatic carbocycles. The highest BCUT2D eigenvalue weighted by Crippen LogP contribution is 2.28. The first kappa shape index (κ1) is 56.8. The molecule has 0 radical (unpaired) electrons. The minimum Gasteiger partial charge on any atom is -0.465 e. The Morgan fingerprint density at radius 1 is 0.873 bits per heavy atom. The molecule has 0 saturated carbocycles. The fourth-order valence-corrected chi connectivity index (χ4v) is 5.06. The largest absolute Gasteiger partial charge is 0.465 e. The third kappa shape index (κ3) is 21.8. The van der Waals surface area contributed by atoms with E-state index >= 15 is 0 Å². The van der Waals surface area contributed by atoms with Crippen LogP contribution in [0, 0.1) is 0 Å². The van der Waals surface area contributed by atoms with Gasteiger partial charge in [0.15, 0.2) is 12.5 Å². The van der Waals surface area contributed by atoms with Gasteiger partial charge in [0, 0.05) is 52.1 Å². The number of carbonyl (C=O) groups excluding carboxylic acids is 3. The Labute approximate surface area is 381 Å². The number of hydrogen-bond donors (Lipinski definition) is 9. The molecule has 0 aromatic carbocycles. The van der Waals surface area contributed by atoms with Crippen molar-refractivity contribution >= 4 is 40.7 Å². The molecule has 4 rings (SSSR count).